The summed E-state index contributed by atoms with van der Waals surface area (Å²) in [6.07, 6.45) is 1.14. The molecule has 2 unspecified atom stereocenters. The summed E-state index contributed by atoms with van der Waals surface area (Å²) >= 11 is 0. The molecule has 0 aliphatic carbocycles. The Kier molecular flexibility index (Phi) is 4.39. The molecule has 2 atom stereocenters. The molecule has 1 N–H and O–H groups in total. The molecule has 88 valence electrons. The summed E-state index contributed by atoms with van der Waals surface area (Å²) in [5.74, 6) is 0.605. The molecular weight excluding hydrogens is 190 g/mol. The molecular formula is C11H23N3O. The van der Waals surface area contributed by atoms with Crippen LogP contribution >= 0.6 is 0 Å². The summed E-state index contributed by atoms with van der Waals surface area (Å²) in [5.41, 5.74) is 0. The quantitative estimate of drug-likeness (QED) is 0.739. The molecule has 1 saturated heterocycles. The van der Waals surface area contributed by atoms with Gasteiger partial charge in [0, 0.05) is 32.7 Å². The van der Waals surface area contributed by atoms with Gasteiger partial charge in [-0.1, -0.05) is 20.3 Å². The summed E-state index contributed by atoms with van der Waals surface area (Å²) in [6, 6.07) is 0.573. The van der Waals surface area contributed by atoms with Crippen LogP contribution in [-0.2, 0) is 0 Å². The zero-order valence-corrected chi connectivity index (χ0v) is 10.3. The van der Waals surface area contributed by atoms with Crippen LogP contribution in [0.25, 0.3) is 0 Å². The molecule has 0 saturated carbocycles. The lowest BCUT2D eigenvalue weighted by Crippen LogP contribution is -2.44. The maximum Gasteiger partial charge on any atom is 0.319 e. The second kappa shape index (κ2) is 5.35. The average molecular weight is 213 g/mol. The van der Waals surface area contributed by atoms with Crippen LogP contribution in [0, 0.1) is 5.92 Å². The third-order valence-corrected chi connectivity index (χ3v) is 3.42. The summed E-state index contributed by atoms with van der Waals surface area (Å²) in [4.78, 5) is 15.4. The molecule has 4 heteroatoms. The minimum absolute atomic E-state index is 0.165. The maximum atomic E-state index is 11.7. The number of carbonyl (C=O) groups is 1. The lowest BCUT2D eigenvalue weighted by Gasteiger charge is -2.27. The van der Waals surface area contributed by atoms with Crippen LogP contribution in [0.5, 0.6) is 0 Å². The van der Waals surface area contributed by atoms with Gasteiger partial charge in [0.05, 0.1) is 0 Å². The molecule has 0 aromatic rings. The molecule has 0 radical (unpaired) electrons. The third-order valence-electron chi connectivity index (χ3n) is 3.42. The minimum atomic E-state index is 0.165. The van der Waals surface area contributed by atoms with E-state index in [1.807, 2.05) is 19.0 Å². The summed E-state index contributed by atoms with van der Waals surface area (Å²) < 4.78 is 0. The number of urea groups is 1. The SMILES string of the molecule is CCC(C)C(CN1CCN(C)C1=O)NC. The molecule has 2 amide bonds. The second-order valence-electron chi connectivity index (χ2n) is 4.43. The number of hydrogen-bond donors (Lipinski definition) is 1. The van der Waals surface area contributed by atoms with Crippen LogP contribution in [0.4, 0.5) is 4.79 Å². The van der Waals surface area contributed by atoms with Crippen molar-refractivity contribution >= 4 is 6.03 Å². The Hall–Kier alpha value is -0.770. The first-order valence-electron chi connectivity index (χ1n) is 5.77. The Morgan fingerprint density at radius 2 is 2.13 bits per heavy atom. The van der Waals surface area contributed by atoms with E-state index in [1.165, 1.54) is 0 Å². The highest BCUT2D eigenvalue weighted by Crippen LogP contribution is 2.12. The van der Waals surface area contributed by atoms with Crippen molar-refractivity contribution in [1.82, 2.24) is 15.1 Å². The first-order valence-corrected chi connectivity index (χ1v) is 5.77. The monoisotopic (exact) mass is 213 g/mol. The van der Waals surface area contributed by atoms with Crippen LogP contribution < -0.4 is 5.32 Å². The lowest BCUT2D eigenvalue weighted by molar-refractivity contribution is 0.189. The van der Waals surface area contributed by atoms with Crippen molar-refractivity contribution in [3.8, 4) is 0 Å². The van der Waals surface area contributed by atoms with E-state index in [9.17, 15) is 4.79 Å². The minimum Gasteiger partial charge on any atom is -0.326 e. The largest absolute Gasteiger partial charge is 0.326 e. The van der Waals surface area contributed by atoms with Gasteiger partial charge in [0.1, 0.15) is 0 Å². The van der Waals surface area contributed by atoms with Crippen molar-refractivity contribution in [3.63, 3.8) is 0 Å². The number of carbonyl (C=O) groups excluding carboxylic acids is 1. The fourth-order valence-electron chi connectivity index (χ4n) is 1.95. The molecule has 1 aliphatic rings. The Bertz CT molecular complexity index is 220. The highest BCUT2D eigenvalue weighted by molar-refractivity contribution is 5.76. The van der Waals surface area contributed by atoms with Gasteiger partial charge in [-0.2, -0.15) is 0 Å². The standard InChI is InChI=1S/C11H23N3O/c1-5-9(2)10(12-3)8-14-7-6-13(4)11(14)15/h9-10,12H,5-8H2,1-4H3. The van der Waals surface area contributed by atoms with Gasteiger partial charge in [-0.3, -0.25) is 0 Å². The number of nitrogens with one attached hydrogen (secondary N) is 1. The van der Waals surface area contributed by atoms with Crippen LogP contribution in [0.15, 0.2) is 0 Å². The zero-order chi connectivity index (χ0) is 11.4. The van der Waals surface area contributed by atoms with E-state index < -0.39 is 0 Å². The molecule has 0 bridgehead atoms. The first-order chi connectivity index (χ1) is 7.10. The van der Waals surface area contributed by atoms with Crippen LogP contribution in [-0.4, -0.2) is 55.6 Å². The van der Waals surface area contributed by atoms with Crippen molar-refractivity contribution in [3.05, 3.63) is 0 Å². The van der Waals surface area contributed by atoms with Crippen molar-refractivity contribution in [2.45, 2.75) is 26.3 Å². The van der Waals surface area contributed by atoms with Crippen LogP contribution in [0.2, 0.25) is 0 Å². The van der Waals surface area contributed by atoms with Gasteiger partial charge in [-0.25, -0.2) is 4.79 Å². The van der Waals surface area contributed by atoms with Gasteiger partial charge < -0.3 is 15.1 Å². The smallest absolute Gasteiger partial charge is 0.319 e. The highest BCUT2D eigenvalue weighted by atomic mass is 16.2. The van der Waals surface area contributed by atoms with Gasteiger partial charge in [0.15, 0.2) is 0 Å². The molecule has 1 heterocycles. The van der Waals surface area contributed by atoms with Gasteiger partial charge in [-0.05, 0) is 13.0 Å². The van der Waals surface area contributed by atoms with Crippen molar-refractivity contribution in [1.29, 1.82) is 0 Å². The van der Waals surface area contributed by atoms with Gasteiger partial charge >= 0.3 is 6.03 Å². The summed E-state index contributed by atoms with van der Waals surface area (Å²) in [7, 11) is 3.83. The van der Waals surface area contributed by atoms with E-state index in [0.717, 1.165) is 26.1 Å². The van der Waals surface area contributed by atoms with E-state index in [2.05, 4.69) is 19.2 Å². The predicted molar refractivity (Wildman–Crippen MR) is 61.9 cm³/mol. The Balaban J connectivity index is 2.49. The number of rotatable bonds is 5. The fourth-order valence-corrected chi connectivity index (χ4v) is 1.95. The van der Waals surface area contributed by atoms with Gasteiger partial charge in [-0.15, -0.1) is 0 Å². The molecule has 15 heavy (non-hydrogen) atoms. The van der Waals surface area contributed by atoms with Crippen LogP contribution in [0.3, 0.4) is 0 Å². The predicted octanol–water partition coefficient (Wildman–Crippen LogP) is 0.988. The number of amides is 2. The third kappa shape index (κ3) is 2.84. The number of nitrogens with zero attached hydrogens (tertiary/aromatic N) is 2. The van der Waals surface area contributed by atoms with Gasteiger partial charge in [0.2, 0.25) is 0 Å². The van der Waals surface area contributed by atoms with E-state index in [0.29, 0.717) is 12.0 Å². The Labute approximate surface area is 92.6 Å². The summed E-state index contributed by atoms with van der Waals surface area (Å²) in [5, 5.41) is 3.30. The highest BCUT2D eigenvalue weighted by Gasteiger charge is 2.28. The lowest BCUT2D eigenvalue weighted by atomic mass is 9.99. The molecule has 4 nitrogen and oxygen atoms in total. The molecule has 0 spiro atoms. The first kappa shape index (κ1) is 12.3. The molecule has 1 fully saturated rings. The second-order valence-corrected chi connectivity index (χ2v) is 4.43. The number of likely N-dealkylation sites (N-methyl/N-ethyl adjacent to an activating group) is 2. The average Bonchev–Trinajstić information content (AvgIpc) is 2.56. The number of hydrogen-bond acceptors (Lipinski definition) is 2. The normalized spacial score (nSPS) is 20.9. The molecule has 1 aliphatic heterocycles. The van der Waals surface area contributed by atoms with Crippen molar-refractivity contribution in [2.75, 3.05) is 33.7 Å². The molecule has 0 aromatic heterocycles. The molecule has 0 aromatic carbocycles. The molecule has 1 rings (SSSR count). The van der Waals surface area contributed by atoms with Crippen LogP contribution in [0.1, 0.15) is 20.3 Å². The van der Waals surface area contributed by atoms with Crippen molar-refractivity contribution in [2.24, 2.45) is 5.92 Å². The maximum absolute atomic E-state index is 11.7. The van der Waals surface area contributed by atoms with Crippen molar-refractivity contribution < 1.29 is 4.79 Å². The topological polar surface area (TPSA) is 35.6 Å². The van der Waals surface area contributed by atoms with E-state index in [-0.39, 0.29) is 6.03 Å². The fraction of sp³-hybridized carbons (Fsp3) is 0.909. The zero-order valence-electron chi connectivity index (χ0n) is 10.3. The van der Waals surface area contributed by atoms with Gasteiger partial charge in [0.25, 0.3) is 0 Å². The van der Waals surface area contributed by atoms with E-state index >= 15 is 0 Å². The summed E-state index contributed by atoms with van der Waals surface area (Å²) in [6.45, 7) is 6.97. The Morgan fingerprint density at radius 1 is 1.47 bits per heavy atom. The van der Waals surface area contributed by atoms with E-state index in [4.69, 9.17) is 0 Å². The Morgan fingerprint density at radius 3 is 2.53 bits per heavy atom. The van der Waals surface area contributed by atoms with E-state index in [1.54, 1.807) is 4.90 Å².